The predicted molar refractivity (Wildman–Crippen MR) is 112 cm³/mol. The highest BCUT2D eigenvalue weighted by Gasteiger charge is 2.25. The third-order valence-electron chi connectivity index (χ3n) is 5.07. The number of fused-ring (bicyclic) bond motifs is 1. The maximum Gasteiger partial charge on any atom is 0.139 e. The molecule has 1 aromatic heterocycles. The molecule has 1 N–H and O–H groups in total. The van der Waals surface area contributed by atoms with Crippen molar-refractivity contribution >= 4 is 23.4 Å². The first-order chi connectivity index (χ1) is 13.2. The van der Waals surface area contributed by atoms with Crippen molar-refractivity contribution in [3.8, 4) is 5.75 Å². The van der Waals surface area contributed by atoms with Crippen LogP contribution in [0.3, 0.4) is 0 Å². The van der Waals surface area contributed by atoms with Gasteiger partial charge in [-0.05, 0) is 49.1 Å². The molecule has 1 aliphatic heterocycles. The standard InChI is InChI=1S/C22H26N2O3.ClH/c1-2-16-9-11-18(12-10-16)27-15-17(25)14-24-20-7-4-3-6-19(20)23-22(24)21-8-5-13-26-21;/h3-4,6-7,9-12,17,21,25H,2,5,8,13-15H2,1H3;1H. The van der Waals surface area contributed by atoms with Crippen LogP contribution < -0.4 is 4.74 Å². The lowest BCUT2D eigenvalue weighted by atomic mass is 10.2. The summed E-state index contributed by atoms with van der Waals surface area (Å²) in [5, 5.41) is 10.6. The van der Waals surface area contributed by atoms with Crippen molar-refractivity contribution in [1.82, 2.24) is 9.55 Å². The number of rotatable bonds is 7. The third kappa shape index (κ3) is 4.49. The number of benzene rings is 2. The van der Waals surface area contributed by atoms with Crippen LogP contribution in [-0.2, 0) is 17.7 Å². The van der Waals surface area contributed by atoms with Crippen molar-refractivity contribution in [2.45, 2.75) is 44.9 Å². The number of ether oxygens (including phenoxy) is 2. The number of aryl methyl sites for hydroxylation is 1. The molecule has 1 saturated heterocycles. The molecule has 2 unspecified atom stereocenters. The lowest BCUT2D eigenvalue weighted by Gasteiger charge is -2.18. The Kier molecular flexibility index (Phi) is 6.94. The van der Waals surface area contributed by atoms with Crippen molar-refractivity contribution in [3.05, 3.63) is 59.9 Å². The Morgan fingerprint density at radius 3 is 2.71 bits per heavy atom. The normalized spacial score (nSPS) is 17.4. The van der Waals surface area contributed by atoms with Crippen LogP contribution in [0.4, 0.5) is 0 Å². The number of para-hydroxylation sites is 2. The second kappa shape index (κ2) is 9.41. The molecule has 28 heavy (non-hydrogen) atoms. The van der Waals surface area contributed by atoms with Gasteiger partial charge in [0, 0.05) is 6.61 Å². The van der Waals surface area contributed by atoms with E-state index in [9.17, 15) is 5.11 Å². The molecule has 1 aliphatic rings. The van der Waals surface area contributed by atoms with Gasteiger partial charge in [0.1, 0.15) is 30.4 Å². The number of hydrogen-bond acceptors (Lipinski definition) is 4. The van der Waals surface area contributed by atoms with Gasteiger partial charge >= 0.3 is 0 Å². The van der Waals surface area contributed by atoms with Gasteiger partial charge < -0.3 is 19.1 Å². The summed E-state index contributed by atoms with van der Waals surface area (Å²) in [6, 6.07) is 16.0. The van der Waals surface area contributed by atoms with Crippen LogP contribution in [0, 0.1) is 0 Å². The molecule has 3 aromatic rings. The number of imidazole rings is 1. The Hall–Kier alpha value is -2.08. The highest BCUT2D eigenvalue weighted by molar-refractivity contribution is 5.85. The molecular formula is C22H27ClN2O3. The molecule has 150 valence electrons. The minimum Gasteiger partial charge on any atom is -0.491 e. The Bertz CT molecular complexity index is 888. The van der Waals surface area contributed by atoms with E-state index in [-0.39, 0.29) is 25.1 Å². The van der Waals surface area contributed by atoms with Gasteiger partial charge in [0.15, 0.2) is 0 Å². The van der Waals surface area contributed by atoms with Crippen LogP contribution >= 0.6 is 12.4 Å². The highest BCUT2D eigenvalue weighted by atomic mass is 35.5. The van der Waals surface area contributed by atoms with Gasteiger partial charge in [0.25, 0.3) is 0 Å². The molecule has 2 aromatic carbocycles. The maximum absolute atomic E-state index is 10.6. The summed E-state index contributed by atoms with van der Waals surface area (Å²) in [6.07, 6.45) is 2.40. The molecule has 2 atom stereocenters. The van der Waals surface area contributed by atoms with Crippen molar-refractivity contribution in [3.63, 3.8) is 0 Å². The van der Waals surface area contributed by atoms with E-state index in [0.29, 0.717) is 6.54 Å². The van der Waals surface area contributed by atoms with Gasteiger partial charge in [0.2, 0.25) is 0 Å². The molecule has 2 heterocycles. The average molecular weight is 403 g/mol. The zero-order valence-electron chi connectivity index (χ0n) is 16.1. The Morgan fingerprint density at radius 1 is 1.21 bits per heavy atom. The molecule has 0 amide bonds. The molecule has 1 fully saturated rings. The zero-order chi connectivity index (χ0) is 18.6. The maximum atomic E-state index is 10.6. The number of aliphatic hydroxyl groups excluding tert-OH is 1. The van der Waals surface area contributed by atoms with Crippen LogP contribution in [0.5, 0.6) is 5.75 Å². The van der Waals surface area contributed by atoms with Crippen LogP contribution in [0.25, 0.3) is 11.0 Å². The fourth-order valence-electron chi connectivity index (χ4n) is 3.59. The lowest BCUT2D eigenvalue weighted by molar-refractivity contribution is 0.0806. The molecule has 0 aliphatic carbocycles. The summed E-state index contributed by atoms with van der Waals surface area (Å²) < 4.78 is 13.7. The first-order valence-electron chi connectivity index (χ1n) is 9.71. The number of nitrogens with zero attached hydrogens (tertiary/aromatic N) is 2. The topological polar surface area (TPSA) is 56.5 Å². The molecule has 0 spiro atoms. The van der Waals surface area contributed by atoms with Crippen LogP contribution in [0.2, 0.25) is 0 Å². The molecule has 0 saturated carbocycles. The first kappa shape index (κ1) is 20.6. The number of aliphatic hydroxyl groups is 1. The van der Waals surface area contributed by atoms with E-state index >= 15 is 0 Å². The van der Waals surface area contributed by atoms with E-state index in [1.807, 2.05) is 36.4 Å². The molecule has 6 heteroatoms. The van der Waals surface area contributed by atoms with Gasteiger partial charge in [0.05, 0.1) is 17.6 Å². The highest BCUT2D eigenvalue weighted by Crippen LogP contribution is 2.30. The summed E-state index contributed by atoms with van der Waals surface area (Å²) >= 11 is 0. The summed E-state index contributed by atoms with van der Waals surface area (Å²) in [5.41, 5.74) is 3.23. The quantitative estimate of drug-likeness (QED) is 0.639. The molecular weight excluding hydrogens is 376 g/mol. The van der Waals surface area contributed by atoms with Crippen molar-refractivity contribution in [2.75, 3.05) is 13.2 Å². The summed E-state index contributed by atoms with van der Waals surface area (Å²) in [4.78, 5) is 4.77. The van der Waals surface area contributed by atoms with E-state index in [4.69, 9.17) is 14.5 Å². The van der Waals surface area contributed by atoms with Gasteiger partial charge in [-0.1, -0.05) is 31.2 Å². The number of aromatic nitrogens is 2. The fraction of sp³-hybridized carbons (Fsp3) is 0.409. The minimum absolute atomic E-state index is 0. The molecule has 0 radical (unpaired) electrons. The van der Waals surface area contributed by atoms with Crippen LogP contribution in [-0.4, -0.2) is 34.0 Å². The first-order valence-corrected chi connectivity index (χ1v) is 9.71. The summed E-state index contributed by atoms with van der Waals surface area (Å²) in [6.45, 7) is 3.57. The monoisotopic (exact) mass is 402 g/mol. The Labute approximate surface area is 171 Å². The summed E-state index contributed by atoms with van der Waals surface area (Å²) in [5.74, 6) is 1.68. The van der Waals surface area contributed by atoms with E-state index in [1.165, 1.54) is 5.56 Å². The average Bonchev–Trinajstić information content (AvgIpc) is 3.35. The van der Waals surface area contributed by atoms with Crippen molar-refractivity contribution < 1.29 is 14.6 Å². The fourth-order valence-corrected chi connectivity index (χ4v) is 3.59. The zero-order valence-corrected chi connectivity index (χ0v) is 16.9. The third-order valence-corrected chi connectivity index (χ3v) is 5.07. The molecule has 5 nitrogen and oxygen atoms in total. The van der Waals surface area contributed by atoms with Crippen molar-refractivity contribution in [1.29, 1.82) is 0 Å². The van der Waals surface area contributed by atoms with Gasteiger partial charge in [-0.15, -0.1) is 12.4 Å². The van der Waals surface area contributed by atoms with E-state index < -0.39 is 6.10 Å². The number of halogens is 1. The van der Waals surface area contributed by atoms with E-state index in [1.54, 1.807) is 0 Å². The van der Waals surface area contributed by atoms with Crippen molar-refractivity contribution in [2.24, 2.45) is 0 Å². The number of hydrogen-bond donors (Lipinski definition) is 1. The smallest absolute Gasteiger partial charge is 0.139 e. The Morgan fingerprint density at radius 2 is 2.00 bits per heavy atom. The predicted octanol–water partition coefficient (Wildman–Crippen LogP) is 4.31. The van der Waals surface area contributed by atoms with E-state index in [0.717, 1.165) is 48.5 Å². The minimum atomic E-state index is -0.631. The molecule has 0 bridgehead atoms. The van der Waals surface area contributed by atoms with Crippen LogP contribution in [0.1, 0.15) is 37.3 Å². The van der Waals surface area contributed by atoms with Gasteiger partial charge in [-0.3, -0.25) is 0 Å². The van der Waals surface area contributed by atoms with E-state index in [2.05, 4.69) is 23.6 Å². The SMILES string of the molecule is CCc1ccc(OCC(O)Cn2c(C3CCCO3)nc3ccccc32)cc1.Cl. The summed E-state index contributed by atoms with van der Waals surface area (Å²) in [7, 11) is 0. The van der Waals surface area contributed by atoms with Crippen LogP contribution in [0.15, 0.2) is 48.5 Å². The Balaban J connectivity index is 0.00000225. The second-order valence-electron chi connectivity index (χ2n) is 7.03. The van der Waals surface area contributed by atoms with Gasteiger partial charge in [-0.2, -0.15) is 0 Å². The molecule has 4 rings (SSSR count). The lowest BCUT2D eigenvalue weighted by Crippen LogP contribution is -2.25. The largest absolute Gasteiger partial charge is 0.491 e. The van der Waals surface area contributed by atoms with Gasteiger partial charge in [-0.25, -0.2) is 4.98 Å². The second-order valence-corrected chi connectivity index (χ2v) is 7.03.